The highest BCUT2D eigenvalue weighted by Gasteiger charge is 2.30. The molecule has 0 unspecified atom stereocenters. The molecular formula is C26H26FN5O3S. The molecule has 36 heavy (non-hydrogen) atoms. The maximum Gasteiger partial charge on any atom is 0.276 e. The van der Waals surface area contributed by atoms with Gasteiger partial charge in [-0.15, -0.1) is 0 Å². The lowest BCUT2D eigenvalue weighted by molar-refractivity contribution is 0.102. The van der Waals surface area contributed by atoms with Crippen molar-refractivity contribution in [2.45, 2.75) is 38.5 Å². The SMILES string of the molecule is Cc1cc(C)n2nc(C(=O)Nc3ccccc3F)c(-c3ccc(C)c(S(=O)(=O)N4CCCC4)c3)c2n1. The predicted octanol–water partition coefficient (Wildman–Crippen LogP) is 4.50. The molecule has 0 bridgehead atoms. The number of carbonyl (C=O) groups is 1. The number of aromatic nitrogens is 3. The van der Waals surface area contributed by atoms with Crippen LogP contribution in [0.25, 0.3) is 16.8 Å². The average molecular weight is 508 g/mol. The fourth-order valence-electron chi connectivity index (χ4n) is 4.59. The van der Waals surface area contributed by atoms with Crippen LogP contribution in [0.1, 0.15) is 40.3 Å². The summed E-state index contributed by atoms with van der Waals surface area (Å²) in [5, 5.41) is 7.10. The van der Waals surface area contributed by atoms with Gasteiger partial charge in [0.15, 0.2) is 11.3 Å². The van der Waals surface area contributed by atoms with E-state index in [1.54, 1.807) is 35.7 Å². The van der Waals surface area contributed by atoms with Gasteiger partial charge < -0.3 is 5.32 Å². The number of sulfonamides is 1. The van der Waals surface area contributed by atoms with Crippen molar-refractivity contribution in [3.63, 3.8) is 0 Å². The van der Waals surface area contributed by atoms with E-state index in [1.807, 2.05) is 19.9 Å². The van der Waals surface area contributed by atoms with Gasteiger partial charge in [-0.2, -0.15) is 9.40 Å². The molecule has 0 radical (unpaired) electrons. The molecule has 1 saturated heterocycles. The number of rotatable bonds is 5. The van der Waals surface area contributed by atoms with Crippen LogP contribution in [-0.4, -0.2) is 46.3 Å². The summed E-state index contributed by atoms with van der Waals surface area (Å²) >= 11 is 0. The van der Waals surface area contributed by atoms with Gasteiger partial charge in [0.1, 0.15) is 5.82 Å². The Kier molecular flexibility index (Phi) is 6.09. The van der Waals surface area contributed by atoms with Crippen molar-refractivity contribution < 1.29 is 17.6 Å². The van der Waals surface area contributed by atoms with Gasteiger partial charge in [0.2, 0.25) is 10.0 Å². The van der Waals surface area contributed by atoms with Gasteiger partial charge in [0, 0.05) is 24.5 Å². The maximum absolute atomic E-state index is 14.3. The first kappa shape index (κ1) is 24.1. The molecule has 1 fully saturated rings. The molecule has 8 nitrogen and oxygen atoms in total. The van der Waals surface area contributed by atoms with Gasteiger partial charge in [0.25, 0.3) is 5.91 Å². The van der Waals surface area contributed by atoms with Crippen LogP contribution in [0.15, 0.2) is 53.4 Å². The summed E-state index contributed by atoms with van der Waals surface area (Å²) < 4.78 is 44.1. The molecule has 1 N–H and O–H groups in total. The number of hydrogen-bond acceptors (Lipinski definition) is 5. The first-order chi connectivity index (χ1) is 17.2. The van der Waals surface area contributed by atoms with E-state index < -0.39 is 21.7 Å². The Labute approximate surface area is 208 Å². The topological polar surface area (TPSA) is 96.7 Å². The van der Waals surface area contributed by atoms with Crippen LogP contribution < -0.4 is 5.32 Å². The number of aryl methyl sites for hydroxylation is 3. The Hall–Kier alpha value is -3.63. The van der Waals surface area contributed by atoms with Crippen molar-refractivity contribution in [1.29, 1.82) is 0 Å². The summed E-state index contributed by atoms with van der Waals surface area (Å²) in [7, 11) is -3.70. The number of benzene rings is 2. The number of halogens is 1. The highest BCUT2D eigenvalue weighted by Crippen LogP contribution is 2.33. The molecule has 4 aromatic rings. The largest absolute Gasteiger partial charge is 0.318 e. The third-order valence-electron chi connectivity index (χ3n) is 6.39. The van der Waals surface area contributed by atoms with Gasteiger partial charge in [-0.3, -0.25) is 4.79 Å². The lowest BCUT2D eigenvalue weighted by atomic mass is 10.0. The number of nitrogens with one attached hydrogen (secondary N) is 1. The number of nitrogens with zero attached hydrogens (tertiary/aromatic N) is 4. The molecule has 10 heteroatoms. The number of fused-ring (bicyclic) bond motifs is 1. The van der Waals surface area contributed by atoms with Crippen molar-refractivity contribution in [2.24, 2.45) is 0 Å². The molecule has 0 spiro atoms. The minimum Gasteiger partial charge on any atom is -0.318 e. The molecule has 3 heterocycles. The van der Waals surface area contributed by atoms with Gasteiger partial charge in [-0.1, -0.05) is 24.3 Å². The zero-order valence-corrected chi connectivity index (χ0v) is 21.1. The van der Waals surface area contributed by atoms with Gasteiger partial charge >= 0.3 is 0 Å². The number of carbonyl (C=O) groups excluding carboxylic acids is 1. The molecule has 5 rings (SSSR count). The van der Waals surface area contributed by atoms with Gasteiger partial charge in [0.05, 0.1) is 16.1 Å². The minimum absolute atomic E-state index is 0.0209. The van der Waals surface area contributed by atoms with Crippen molar-refractivity contribution in [3.05, 3.63) is 77.0 Å². The monoisotopic (exact) mass is 507 g/mol. The molecule has 186 valence electrons. The fraction of sp³-hybridized carbons (Fsp3) is 0.269. The molecule has 2 aromatic carbocycles. The van der Waals surface area contributed by atoms with E-state index in [4.69, 9.17) is 0 Å². The van der Waals surface area contributed by atoms with Crippen LogP contribution in [-0.2, 0) is 10.0 Å². The van der Waals surface area contributed by atoms with Crippen molar-refractivity contribution in [3.8, 4) is 11.1 Å². The molecular weight excluding hydrogens is 481 g/mol. The Bertz CT molecular complexity index is 1610. The van der Waals surface area contributed by atoms with Crippen molar-refractivity contribution in [2.75, 3.05) is 18.4 Å². The Balaban J connectivity index is 1.70. The Morgan fingerprint density at radius 1 is 1.03 bits per heavy atom. The molecule has 1 aliphatic heterocycles. The van der Waals surface area contributed by atoms with Gasteiger partial charge in [-0.05, 0) is 69.0 Å². The van der Waals surface area contributed by atoms with Crippen molar-refractivity contribution in [1.82, 2.24) is 18.9 Å². The van der Waals surface area contributed by atoms with Crippen molar-refractivity contribution >= 4 is 27.3 Å². The standard InChI is InChI=1S/C26H26FN5O3S/c1-16-10-11-19(15-22(16)36(34,35)31-12-6-7-13-31)23-24(26(33)29-21-9-5-4-8-20(21)27)30-32-18(3)14-17(2)28-25(23)32/h4-5,8-11,14-15H,6-7,12-13H2,1-3H3,(H,29,33). The summed E-state index contributed by atoms with van der Waals surface area (Å²) in [5.41, 5.74) is 3.41. The molecule has 0 aliphatic carbocycles. The number of anilines is 1. The second-order valence-corrected chi connectivity index (χ2v) is 10.9. The van der Waals surface area contributed by atoms with Crippen LogP contribution in [0, 0.1) is 26.6 Å². The minimum atomic E-state index is -3.70. The molecule has 0 saturated carbocycles. The van der Waals surface area contributed by atoms with E-state index >= 15 is 0 Å². The molecule has 2 aromatic heterocycles. The summed E-state index contributed by atoms with van der Waals surface area (Å²) in [4.78, 5) is 18.2. The normalized spacial score (nSPS) is 14.4. The van der Waals surface area contributed by atoms with E-state index in [1.165, 1.54) is 22.5 Å². The van der Waals surface area contributed by atoms with E-state index in [9.17, 15) is 17.6 Å². The van der Waals surface area contributed by atoms with E-state index in [0.717, 1.165) is 24.2 Å². The zero-order valence-electron chi connectivity index (χ0n) is 20.2. The fourth-order valence-corrected chi connectivity index (χ4v) is 6.36. The third kappa shape index (κ3) is 4.16. The maximum atomic E-state index is 14.3. The molecule has 1 aliphatic rings. The quantitative estimate of drug-likeness (QED) is 0.429. The van der Waals surface area contributed by atoms with Crippen LogP contribution in [0.3, 0.4) is 0 Å². The zero-order chi connectivity index (χ0) is 25.6. The lowest BCUT2D eigenvalue weighted by Gasteiger charge is -2.18. The highest BCUT2D eigenvalue weighted by molar-refractivity contribution is 7.89. The second kappa shape index (κ2) is 9.11. The number of amides is 1. The molecule has 0 atom stereocenters. The van der Waals surface area contributed by atoms with Gasteiger partial charge in [-0.25, -0.2) is 22.3 Å². The number of hydrogen-bond donors (Lipinski definition) is 1. The Morgan fingerprint density at radius 3 is 2.47 bits per heavy atom. The number of para-hydroxylation sites is 1. The molecule has 1 amide bonds. The summed E-state index contributed by atoms with van der Waals surface area (Å²) in [6.45, 7) is 6.40. The third-order valence-corrected chi connectivity index (χ3v) is 8.43. The van der Waals surface area contributed by atoms with Crippen LogP contribution in [0.5, 0.6) is 0 Å². The first-order valence-corrected chi connectivity index (χ1v) is 13.1. The highest BCUT2D eigenvalue weighted by atomic mass is 32.2. The lowest BCUT2D eigenvalue weighted by Crippen LogP contribution is -2.28. The average Bonchev–Trinajstić information content (AvgIpc) is 3.50. The van der Waals surface area contributed by atoms with Crippen LogP contribution in [0.4, 0.5) is 10.1 Å². The van der Waals surface area contributed by atoms with E-state index in [0.29, 0.717) is 35.4 Å². The summed E-state index contributed by atoms with van der Waals surface area (Å²) in [6.07, 6.45) is 1.66. The smallest absolute Gasteiger partial charge is 0.276 e. The van der Waals surface area contributed by atoms with Crippen LogP contribution in [0.2, 0.25) is 0 Å². The predicted molar refractivity (Wildman–Crippen MR) is 135 cm³/mol. The first-order valence-electron chi connectivity index (χ1n) is 11.7. The Morgan fingerprint density at radius 2 is 1.75 bits per heavy atom. The summed E-state index contributed by atoms with van der Waals surface area (Å²) in [5.74, 6) is -1.20. The van der Waals surface area contributed by atoms with E-state index in [2.05, 4.69) is 15.4 Å². The van der Waals surface area contributed by atoms with Crippen LogP contribution >= 0.6 is 0 Å². The summed E-state index contributed by atoms with van der Waals surface area (Å²) in [6, 6.07) is 12.8. The van der Waals surface area contributed by atoms with E-state index in [-0.39, 0.29) is 16.3 Å². The second-order valence-electron chi connectivity index (χ2n) is 9.02.